The van der Waals surface area contributed by atoms with Gasteiger partial charge in [-0.3, -0.25) is 0 Å². The molecule has 1 N–H and O–H groups in total. The molecule has 0 aliphatic carbocycles. The second kappa shape index (κ2) is 14.6. The number of nitrogens with zero attached hydrogens (tertiary/aromatic N) is 3. The zero-order valence-electron chi connectivity index (χ0n) is 16.3. The van der Waals surface area contributed by atoms with Crippen molar-refractivity contribution in [2.75, 3.05) is 13.2 Å². The molecule has 0 amide bonds. The molecule has 0 atom stereocenters. The summed E-state index contributed by atoms with van der Waals surface area (Å²) < 4.78 is 0. The van der Waals surface area contributed by atoms with E-state index in [0.717, 1.165) is 32.1 Å². The van der Waals surface area contributed by atoms with E-state index in [2.05, 4.69) is 36.0 Å². The number of aliphatic hydroxyl groups is 1. The van der Waals surface area contributed by atoms with Gasteiger partial charge in [0.05, 0.1) is 0 Å². The molecule has 144 valence electrons. The van der Waals surface area contributed by atoms with E-state index < -0.39 is 0 Å². The Labute approximate surface area is 159 Å². The van der Waals surface area contributed by atoms with Crippen LogP contribution in [0.5, 0.6) is 0 Å². The Morgan fingerprint density at radius 1 is 0.769 bits per heavy atom. The Balaban J connectivity index is 2.95. The Morgan fingerprint density at radius 2 is 1.27 bits per heavy atom. The SMILES string of the molecule is [CH2]CCCCCc1cc(CCO)c(CCN=[N+]=[N-])cc1CCCCC[CH2]. The second-order valence-electron chi connectivity index (χ2n) is 6.90. The topological polar surface area (TPSA) is 69.0 Å². The molecule has 2 radical (unpaired) electrons. The van der Waals surface area contributed by atoms with Crippen molar-refractivity contribution in [2.45, 2.75) is 77.0 Å². The third kappa shape index (κ3) is 8.73. The van der Waals surface area contributed by atoms with Gasteiger partial charge < -0.3 is 5.11 Å². The van der Waals surface area contributed by atoms with Gasteiger partial charge in [-0.1, -0.05) is 69.6 Å². The maximum Gasteiger partial charge on any atom is 0.0471 e. The van der Waals surface area contributed by atoms with Gasteiger partial charge in [0.2, 0.25) is 0 Å². The predicted octanol–water partition coefficient (Wildman–Crippen LogP) is 5.95. The molecule has 1 aromatic rings. The molecule has 0 heterocycles. The number of unbranched alkanes of at least 4 members (excludes halogenated alkanes) is 6. The highest BCUT2D eigenvalue weighted by Crippen LogP contribution is 2.23. The lowest BCUT2D eigenvalue weighted by molar-refractivity contribution is 0.299. The summed E-state index contributed by atoms with van der Waals surface area (Å²) in [5.41, 5.74) is 13.8. The molecule has 0 bridgehead atoms. The van der Waals surface area contributed by atoms with E-state index in [4.69, 9.17) is 5.53 Å². The van der Waals surface area contributed by atoms with Crippen molar-refractivity contribution in [3.05, 3.63) is 58.7 Å². The lowest BCUT2D eigenvalue weighted by Gasteiger charge is -2.16. The quantitative estimate of drug-likeness (QED) is 0.179. The van der Waals surface area contributed by atoms with E-state index in [1.165, 1.54) is 60.8 Å². The van der Waals surface area contributed by atoms with Crippen LogP contribution in [0.2, 0.25) is 0 Å². The first kappa shape index (κ1) is 22.5. The largest absolute Gasteiger partial charge is 0.396 e. The van der Waals surface area contributed by atoms with Crippen molar-refractivity contribution in [3.8, 4) is 0 Å². The van der Waals surface area contributed by atoms with E-state index >= 15 is 0 Å². The molecule has 4 heteroatoms. The minimum atomic E-state index is 0.151. The Hall–Kier alpha value is -1.51. The summed E-state index contributed by atoms with van der Waals surface area (Å²) in [6, 6.07) is 4.60. The van der Waals surface area contributed by atoms with Crippen LogP contribution in [0.25, 0.3) is 10.4 Å². The van der Waals surface area contributed by atoms with Gasteiger partial charge in [0.1, 0.15) is 0 Å². The van der Waals surface area contributed by atoms with Crippen LogP contribution in [0.3, 0.4) is 0 Å². The summed E-state index contributed by atoms with van der Waals surface area (Å²) in [6.45, 7) is 8.47. The normalized spacial score (nSPS) is 10.7. The van der Waals surface area contributed by atoms with Gasteiger partial charge in [0, 0.05) is 18.1 Å². The lowest BCUT2D eigenvalue weighted by atomic mass is 9.90. The van der Waals surface area contributed by atoms with Crippen LogP contribution >= 0.6 is 0 Å². The molecule has 1 rings (SSSR count). The number of aliphatic hydroxyl groups excluding tert-OH is 1. The number of aryl methyl sites for hydroxylation is 2. The number of rotatable bonds is 15. The molecule has 0 unspecified atom stereocenters. The molecule has 0 fully saturated rings. The van der Waals surface area contributed by atoms with E-state index in [-0.39, 0.29) is 6.61 Å². The smallest absolute Gasteiger partial charge is 0.0471 e. The highest BCUT2D eigenvalue weighted by Gasteiger charge is 2.10. The van der Waals surface area contributed by atoms with E-state index in [9.17, 15) is 5.11 Å². The minimum absolute atomic E-state index is 0.151. The molecule has 26 heavy (non-hydrogen) atoms. The number of hydrogen-bond acceptors (Lipinski definition) is 2. The molecule has 0 aliphatic heterocycles. The van der Waals surface area contributed by atoms with Crippen LogP contribution in [-0.4, -0.2) is 18.3 Å². The van der Waals surface area contributed by atoms with Gasteiger partial charge in [-0.25, -0.2) is 0 Å². The first-order valence-corrected chi connectivity index (χ1v) is 10.1. The maximum absolute atomic E-state index is 9.43. The molecule has 4 nitrogen and oxygen atoms in total. The standard InChI is InChI=1S/C22H35N3O/c1-3-5-7-9-11-19-17-21(13-15-24-25-23)22(14-16-26)18-20(19)12-10-8-6-4-2/h17-18,26H,1-16H2. The third-order valence-electron chi connectivity index (χ3n) is 4.84. The van der Waals surface area contributed by atoms with Crippen LogP contribution in [0.4, 0.5) is 0 Å². The maximum atomic E-state index is 9.43. The molecule has 0 aromatic heterocycles. The Morgan fingerprint density at radius 3 is 1.73 bits per heavy atom. The number of benzene rings is 1. The van der Waals surface area contributed by atoms with Crippen LogP contribution in [-0.2, 0) is 25.7 Å². The van der Waals surface area contributed by atoms with E-state index in [1.54, 1.807) is 0 Å². The van der Waals surface area contributed by atoms with Gasteiger partial charge in [-0.15, -0.1) is 0 Å². The fourth-order valence-electron chi connectivity index (χ4n) is 3.40. The zero-order valence-corrected chi connectivity index (χ0v) is 16.3. The molecule has 0 saturated carbocycles. The monoisotopic (exact) mass is 357 g/mol. The fourth-order valence-corrected chi connectivity index (χ4v) is 3.40. The lowest BCUT2D eigenvalue weighted by Crippen LogP contribution is -2.05. The molecule has 0 saturated heterocycles. The van der Waals surface area contributed by atoms with Crippen molar-refractivity contribution < 1.29 is 5.11 Å². The summed E-state index contributed by atoms with van der Waals surface area (Å²) in [4.78, 5) is 2.86. The van der Waals surface area contributed by atoms with E-state index in [0.29, 0.717) is 13.0 Å². The van der Waals surface area contributed by atoms with Crippen LogP contribution in [0.15, 0.2) is 17.2 Å². The summed E-state index contributed by atoms with van der Waals surface area (Å²) in [5, 5.41) is 13.1. The number of azide groups is 1. The number of hydrogen-bond donors (Lipinski definition) is 1. The fraction of sp³-hybridized carbons (Fsp3) is 0.636. The Kier molecular flexibility index (Phi) is 12.7. The van der Waals surface area contributed by atoms with Gasteiger partial charge in [-0.05, 0) is 66.3 Å². The summed E-state index contributed by atoms with van der Waals surface area (Å²) in [5.74, 6) is 0. The Bertz CT molecular complexity index is 551. The van der Waals surface area contributed by atoms with Gasteiger partial charge in [0.25, 0.3) is 0 Å². The average molecular weight is 358 g/mol. The molecular weight excluding hydrogens is 322 g/mol. The molecular formula is C22H35N3O. The third-order valence-corrected chi connectivity index (χ3v) is 4.84. The second-order valence-corrected chi connectivity index (χ2v) is 6.90. The molecule has 0 aliphatic rings. The van der Waals surface area contributed by atoms with E-state index in [1.807, 2.05) is 0 Å². The zero-order chi connectivity index (χ0) is 19.0. The highest BCUT2D eigenvalue weighted by molar-refractivity contribution is 5.39. The van der Waals surface area contributed by atoms with Gasteiger partial charge in [-0.2, -0.15) is 0 Å². The molecule has 0 spiro atoms. The average Bonchev–Trinajstić information content (AvgIpc) is 2.65. The van der Waals surface area contributed by atoms with Crippen molar-refractivity contribution in [1.29, 1.82) is 0 Å². The first-order valence-electron chi connectivity index (χ1n) is 10.1. The van der Waals surface area contributed by atoms with Gasteiger partial charge in [0.15, 0.2) is 0 Å². The van der Waals surface area contributed by atoms with Crippen LogP contribution in [0.1, 0.15) is 73.6 Å². The summed E-state index contributed by atoms with van der Waals surface area (Å²) >= 11 is 0. The predicted molar refractivity (Wildman–Crippen MR) is 110 cm³/mol. The van der Waals surface area contributed by atoms with Crippen molar-refractivity contribution in [2.24, 2.45) is 5.11 Å². The highest BCUT2D eigenvalue weighted by atomic mass is 16.2. The van der Waals surface area contributed by atoms with Gasteiger partial charge >= 0.3 is 0 Å². The molecule has 1 aromatic carbocycles. The van der Waals surface area contributed by atoms with Crippen LogP contribution < -0.4 is 0 Å². The summed E-state index contributed by atoms with van der Waals surface area (Å²) in [6.07, 6.45) is 12.8. The van der Waals surface area contributed by atoms with Crippen LogP contribution in [0, 0.1) is 13.8 Å². The van der Waals surface area contributed by atoms with Crippen molar-refractivity contribution in [1.82, 2.24) is 0 Å². The van der Waals surface area contributed by atoms with Crippen molar-refractivity contribution in [3.63, 3.8) is 0 Å². The summed E-state index contributed by atoms with van der Waals surface area (Å²) in [7, 11) is 0. The first-order chi connectivity index (χ1) is 12.8. The van der Waals surface area contributed by atoms with Crippen molar-refractivity contribution >= 4 is 0 Å². The minimum Gasteiger partial charge on any atom is -0.396 e.